The van der Waals surface area contributed by atoms with Crippen molar-refractivity contribution < 1.29 is 9.53 Å². The van der Waals surface area contributed by atoms with E-state index in [0.717, 1.165) is 71.4 Å². The van der Waals surface area contributed by atoms with E-state index in [1.54, 1.807) is 13.3 Å². The number of hydrogen-bond donors (Lipinski definition) is 2. The maximum Gasteiger partial charge on any atom is 0.253 e. The number of nitrogens with zero attached hydrogens (tertiary/aromatic N) is 2. The number of H-pyrrole nitrogens is 1. The largest absolute Gasteiger partial charge is 0.481 e. The highest BCUT2D eigenvalue weighted by atomic mass is 16.5. The Hall–Kier alpha value is -3.15. The van der Waals surface area contributed by atoms with Gasteiger partial charge in [-0.2, -0.15) is 0 Å². The molecule has 0 aromatic carbocycles. The molecular weight excluding hydrogens is 364 g/mol. The number of aryl methyl sites for hydroxylation is 1. The third-order valence-corrected chi connectivity index (χ3v) is 6.75. The molecule has 0 bridgehead atoms. The number of methoxy groups -OCH3 is 1. The van der Waals surface area contributed by atoms with Gasteiger partial charge in [0.05, 0.1) is 24.1 Å². The van der Waals surface area contributed by atoms with Crippen LogP contribution in [-0.2, 0) is 19.3 Å². The van der Waals surface area contributed by atoms with Crippen molar-refractivity contribution in [3.05, 3.63) is 53.0 Å². The van der Waals surface area contributed by atoms with E-state index in [1.807, 2.05) is 18.3 Å². The minimum absolute atomic E-state index is 0.0153. The summed E-state index contributed by atoms with van der Waals surface area (Å²) in [7, 11) is 1.61. The Morgan fingerprint density at radius 1 is 1.14 bits per heavy atom. The van der Waals surface area contributed by atoms with Crippen molar-refractivity contribution in [1.29, 1.82) is 0 Å². The van der Waals surface area contributed by atoms with Crippen LogP contribution < -0.4 is 10.1 Å². The van der Waals surface area contributed by atoms with Crippen LogP contribution in [0.1, 0.15) is 46.4 Å². The fraction of sp³-hybridized carbons (Fsp3) is 0.348. The second-order valence-electron chi connectivity index (χ2n) is 8.41. The predicted molar refractivity (Wildman–Crippen MR) is 109 cm³/mol. The van der Waals surface area contributed by atoms with E-state index in [4.69, 9.17) is 4.74 Å². The lowest BCUT2D eigenvalue weighted by Gasteiger charge is -2.45. The number of aromatic nitrogens is 3. The Morgan fingerprint density at radius 2 is 2.03 bits per heavy atom. The van der Waals surface area contributed by atoms with Gasteiger partial charge in [0.2, 0.25) is 5.88 Å². The van der Waals surface area contributed by atoms with Gasteiger partial charge in [-0.3, -0.25) is 9.78 Å². The lowest BCUT2D eigenvalue weighted by molar-refractivity contribution is 0.0793. The van der Waals surface area contributed by atoms with Gasteiger partial charge in [0.1, 0.15) is 0 Å². The number of rotatable bonds is 2. The highest BCUT2D eigenvalue weighted by Crippen LogP contribution is 2.43. The fourth-order valence-corrected chi connectivity index (χ4v) is 5.06. The van der Waals surface area contributed by atoms with Gasteiger partial charge in [0.15, 0.2) is 0 Å². The van der Waals surface area contributed by atoms with Gasteiger partial charge in [0.25, 0.3) is 5.91 Å². The number of aromatic amines is 1. The first-order valence-corrected chi connectivity index (χ1v) is 10.2. The van der Waals surface area contributed by atoms with Crippen LogP contribution in [0.15, 0.2) is 30.6 Å². The number of carbonyl (C=O) groups excluding carboxylic acids is 1. The molecule has 0 radical (unpaired) electrons. The van der Waals surface area contributed by atoms with E-state index >= 15 is 0 Å². The highest BCUT2D eigenvalue weighted by molar-refractivity contribution is 6.01. The maximum absolute atomic E-state index is 12.9. The summed E-state index contributed by atoms with van der Waals surface area (Å²) in [5.74, 6) is 0.683. The van der Waals surface area contributed by atoms with E-state index in [1.165, 1.54) is 12.0 Å². The molecule has 29 heavy (non-hydrogen) atoms. The standard InChI is InChI=1S/C23H22N4O2/c1-29-19-6-4-14(12-25-19)17-9-16-13(11-24-17)3-5-15-20-18(26-21(15)16)10-23(7-2-8-23)27-22(20)28/h4,6,9,11-12,26H,2-3,5,7-8,10H2,1H3,(H,27,28). The summed E-state index contributed by atoms with van der Waals surface area (Å²) < 4.78 is 5.16. The molecule has 6 rings (SSSR count). The molecule has 0 atom stereocenters. The smallest absolute Gasteiger partial charge is 0.253 e. The van der Waals surface area contributed by atoms with E-state index in [-0.39, 0.29) is 11.4 Å². The van der Waals surface area contributed by atoms with Crippen LogP contribution in [0.4, 0.5) is 0 Å². The quantitative estimate of drug-likeness (QED) is 0.707. The molecule has 1 amide bonds. The lowest BCUT2D eigenvalue weighted by atomic mass is 9.71. The molecule has 6 nitrogen and oxygen atoms in total. The number of hydrogen-bond acceptors (Lipinski definition) is 4. The molecule has 146 valence electrons. The molecule has 4 heterocycles. The van der Waals surface area contributed by atoms with Gasteiger partial charge < -0.3 is 15.0 Å². The molecule has 2 aliphatic carbocycles. The number of amides is 1. The summed E-state index contributed by atoms with van der Waals surface area (Å²) in [6, 6.07) is 5.94. The van der Waals surface area contributed by atoms with Crippen molar-refractivity contribution in [1.82, 2.24) is 20.3 Å². The summed E-state index contributed by atoms with van der Waals surface area (Å²) in [4.78, 5) is 25.5. The number of nitrogens with one attached hydrogen (secondary N) is 2. The summed E-state index contributed by atoms with van der Waals surface area (Å²) >= 11 is 0. The average molecular weight is 386 g/mol. The topological polar surface area (TPSA) is 79.9 Å². The van der Waals surface area contributed by atoms with Crippen molar-refractivity contribution in [3.63, 3.8) is 0 Å². The van der Waals surface area contributed by atoms with Gasteiger partial charge >= 0.3 is 0 Å². The van der Waals surface area contributed by atoms with Crippen molar-refractivity contribution in [2.24, 2.45) is 0 Å². The first kappa shape index (κ1) is 16.8. The van der Waals surface area contributed by atoms with Gasteiger partial charge in [-0.25, -0.2) is 4.98 Å². The molecule has 3 aliphatic rings. The minimum atomic E-state index is -0.0153. The second kappa shape index (κ2) is 5.92. The third kappa shape index (κ3) is 2.44. The molecule has 3 aromatic rings. The van der Waals surface area contributed by atoms with Crippen LogP contribution in [0, 0.1) is 0 Å². The Balaban J connectivity index is 1.44. The van der Waals surface area contributed by atoms with Gasteiger partial charge in [-0.15, -0.1) is 0 Å². The SMILES string of the molecule is COc1ccc(-c2cc3c(cn2)CCc2c-3[nH]c3c2C(=O)NC2(CCC2)C3)cn1. The van der Waals surface area contributed by atoms with Crippen LogP contribution in [-0.4, -0.2) is 33.5 Å². The molecule has 1 saturated carbocycles. The van der Waals surface area contributed by atoms with Crippen LogP contribution in [0.2, 0.25) is 0 Å². The van der Waals surface area contributed by atoms with Crippen LogP contribution in [0.25, 0.3) is 22.5 Å². The second-order valence-corrected chi connectivity index (χ2v) is 8.41. The average Bonchev–Trinajstić information content (AvgIpc) is 3.11. The maximum atomic E-state index is 12.9. The fourth-order valence-electron chi connectivity index (χ4n) is 5.06. The van der Waals surface area contributed by atoms with E-state index in [9.17, 15) is 4.79 Å². The first-order chi connectivity index (χ1) is 14.2. The molecular formula is C23H22N4O2. The molecule has 3 aromatic heterocycles. The minimum Gasteiger partial charge on any atom is -0.481 e. The van der Waals surface area contributed by atoms with Crippen molar-refractivity contribution in [3.8, 4) is 28.4 Å². The van der Waals surface area contributed by atoms with Gasteiger partial charge in [0, 0.05) is 47.2 Å². The molecule has 2 N–H and O–H groups in total. The Kier molecular flexibility index (Phi) is 3.43. The Labute approximate surface area is 168 Å². The first-order valence-electron chi connectivity index (χ1n) is 10.2. The van der Waals surface area contributed by atoms with Crippen LogP contribution >= 0.6 is 0 Å². The Morgan fingerprint density at radius 3 is 2.76 bits per heavy atom. The summed E-state index contributed by atoms with van der Waals surface area (Å²) in [6.07, 6.45) is 9.80. The predicted octanol–water partition coefficient (Wildman–Crippen LogP) is 3.45. The third-order valence-electron chi connectivity index (χ3n) is 6.75. The number of pyridine rings is 2. The lowest BCUT2D eigenvalue weighted by Crippen LogP contribution is -2.57. The zero-order valence-corrected chi connectivity index (χ0v) is 16.3. The zero-order valence-electron chi connectivity index (χ0n) is 16.3. The van der Waals surface area contributed by atoms with Crippen LogP contribution in [0.3, 0.4) is 0 Å². The van der Waals surface area contributed by atoms with Gasteiger partial charge in [-0.1, -0.05) is 0 Å². The van der Waals surface area contributed by atoms with E-state index < -0.39 is 0 Å². The number of fused-ring (bicyclic) bond motifs is 5. The summed E-state index contributed by atoms with van der Waals surface area (Å²) in [5, 5.41) is 3.30. The van der Waals surface area contributed by atoms with Crippen molar-refractivity contribution in [2.45, 2.75) is 44.1 Å². The normalized spacial score (nSPS) is 18.3. The molecule has 6 heteroatoms. The molecule has 1 aliphatic heterocycles. The molecule has 0 unspecified atom stereocenters. The molecule has 1 spiro atoms. The van der Waals surface area contributed by atoms with Gasteiger partial charge in [-0.05, 0) is 55.4 Å². The summed E-state index contributed by atoms with van der Waals surface area (Å²) in [5.41, 5.74) is 8.42. The van der Waals surface area contributed by atoms with E-state index in [2.05, 4.69) is 26.3 Å². The highest BCUT2D eigenvalue weighted by Gasteiger charge is 2.45. The van der Waals surface area contributed by atoms with Crippen LogP contribution in [0.5, 0.6) is 5.88 Å². The summed E-state index contributed by atoms with van der Waals surface area (Å²) in [6.45, 7) is 0. The number of carbonyl (C=O) groups is 1. The molecule has 1 fully saturated rings. The monoisotopic (exact) mass is 386 g/mol. The van der Waals surface area contributed by atoms with E-state index in [0.29, 0.717) is 5.88 Å². The number of ether oxygens (including phenoxy) is 1. The van der Waals surface area contributed by atoms with Crippen molar-refractivity contribution >= 4 is 5.91 Å². The van der Waals surface area contributed by atoms with Crippen molar-refractivity contribution in [2.75, 3.05) is 7.11 Å². The Bertz CT molecular complexity index is 1140. The zero-order chi connectivity index (χ0) is 19.6. The molecule has 0 saturated heterocycles.